The third-order valence-corrected chi connectivity index (χ3v) is 8.11. The molecule has 0 bridgehead atoms. The Bertz CT molecular complexity index is 1470. The second kappa shape index (κ2) is 10.2. The van der Waals surface area contributed by atoms with Gasteiger partial charge in [-0.1, -0.05) is 24.3 Å². The number of anilines is 1. The predicted octanol–water partition coefficient (Wildman–Crippen LogP) is 5.28. The second-order valence-electron chi connectivity index (χ2n) is 7.60. The number of aromatic nitrogens is 1. The Morgan fingerprint density at radius 3 is 2.37 bits per heavy atom. The summed E-state index contributed by atoms with van der Waals surface area (Å²) in [5, 5.41) is 13.8. The van der Waals surface area contributed by atoms with Crippen molar-refractivity contribution in [1.29, 1.82) is 0 Å². The molecular formula is C26H23N3O4S2. The maximum Gasteiger partial charge on any atom is 0.255 e. The number of nitrogens with one attached hydrogen (secondary N) is 1. The number of carbonyl (C=O) groups is 1. The molecule has 0 unspecified atom stereocenters. The molecule has 0 atom stereocenters. The molecule has 0 saturated carbocycles. The summed E-state index contributed by atoms with van der Waals surface area (Å²) in [6.07, 6.45) is 3.01. The summed E-state index contributed by atoms with van der Waals surface area (Å²) in [4.78, 5) is 17.5. The molecule has 0 fully saturated rings. The number of benzene rings is 3. The van der Waals surface area contributed by atoms with E-state index in [0.717, 1.165) is 10.2 Å². The first kappa shape index (κ1) is 24.3. The van der Waals surface area contributed by atoms with E-state index in [2.05, 4.69) is 23.5 Å². The Kier molecular flexibility index (Phi) is 7.11. The first-order valence-electron chi connectivity index (χ1n) is 10.7. The summed E-state index contributed by atoms with van der Waals surface area (Å²) in [7, 11) is -3.75. The van der Waals surface area contributed by atoms with Crippen LogP contribution >= 0.6 is 11.3 Å². The zero-order chi connectivity index (χ0) is 25.0. The number of nitrogens with zero attached hydrogens (tertiary/aromatic N) is 2. The summed E-state index contributed by atoms with van der Waals surface area (Å²) < 4.78 is 27.9. The Hall–Kier alpha value is -3.79. The zero-order valence-corrected chi connectivity index (χ0v) is 20.3. The van der Waals surface area contributed by atoms with Crippen LogP contribution < -0.4 is 5.32 Å². The Labute approximate surface area is 207 Å². The minimum Gasteiger partial charge on any atom is -0.507 e. The lowest BCUT2D eigenvalue weighted by molar-refractivity contribution is 0.102. The van der Waals surface area contributed by atoms with Crippen molar-refractivity contribution in [2.24, 2.45) is 0 Å². The van der Waals surface area contributed by atoms with Crippen LogP contribution in [0.5, 0.6) is 5.75 Å². The van der Waals surface area contributed by atoms with Crippen molar-refractivity contribution in [2.75, 3.05) is 18.4 Å². The maximum absolute atomic E-state index is 12.9. The Balaban J connectivity index is 1.55. The van der Waals surface area contributed by atoms with E-state index < -0.39 is 15.9 Å². The third-order valence-electron chi connectivity index (χ3n) is 5.20. The number of para-hydroxylation sites is 1. The van der Waals surface area contributed by atoms with Gasteiger partial charge in [0.25, 0.3) is 5.91 Å². The van der Waals surface area contributed by atoms with Crippen LogP contribution in [0.1, 0.15) is 10.4 Å². The van der Waals surface area contributed by atoms with Crippen molar-refractivity contribution >= 4 is 43.2 Å². The quantitative estimate of drug-likeness (QED) is 0.238. The van der Waals surface area contributed by atoms with Gasteiger partial charge < -0.3 is 10.4 Å². The smallest absolute Gasteiger partial charge is 0.255 e. The minimum atomic E-state index is -3.75. The van der Waals surface area contributed by atoms with Crippen molar-refractivity contribution in [3.8, 4) is 16.3 Å². The molecule has 4 aromatic rings. The first-order chi connectivity index (χ1) is 16.8. The zero-order valence-electron chi connectivity index (χ0n) is 18.7. The number of sulfonamides is 1. The fraction of sp³-hybridized carbons (Fsp3) is 0.0769. The van der Waals surface area contributed by atoms with Gasteiger partial charge in [-0.3, -0.25) is 4.79 Å². The lowest BCUT2D eigenvalue weighted by Gasteiger charge is -2.19. The van der Waals surface area contributed by atoms with Crippen LogP contribution in [0.2, 0.25) is 0 Å². The molecule has 0 saturated heterocycles. The standard InChI is InChI=1S/C26H23N3O4S2/c1-3-15-29(16-4-2)35(32,33)20-12-9-18(10-13-20)25(31)27-19-11-14-23(30)21(17-19)26-28-22-7-5-6-8-24(22)34-26/h3-14,17,30H,1-2,15-16H2,(H,27,31). The van der Waals surface area contributed by atoms with Crippen molar-refractivity contribution in [3.05, 3.63) is 97.6 Å². The third kappa shape index (κ3) is 5.17. The average Bonchev–Trinajstić information content (AvgIpc) is 3.29. The summed E-state index contributed by atoms with van der Waals surface area (Å²) in [5.41, 5.74) is 2.10. The number of rotatable bonds is 9. The highest BCUT2D eigenvalue weighted by Gasteiger charge is 2.22. The molecule has 4 rings (SSSR count). The van der Waals surface area contributed by atoms with Gasteiger partial charge in [0.05, 0.1) is 20.7 Å². The normalized spacial score (nSPS) is 11.5. The van der Waals surface area contributed by atoms with Crippen LogP contribution in [-0.4, -0.2) is 41.8 Å². The van der Waals surface area contributed by atoms with Gasteiger partial charge in [-0.2, -0.15) is 4.31 Å². The molecular weight excluding hydrogens is 482 g/mol. The molecule has 1 aromatic heterocycles. The van der Waals surface area contributed by atoms with E-state index in [1.165, 1.54) is 58.1 Å². The fourth-order valence-corrected chi connectivity index (χ4v) is 5.83. The van der Waals surface area contributed by atoms with Crippen molar-refractivity contribution < 1.29 is 18.3 Å². The predicted molar refractivity (Wildman–Crippen MR) is 140 cm³/mol. The summed E-state index contributed by atoms with van der Waals surface area (Å²) in [6.45, 7) is 7.49. The molecule has 2 N–H and O–H groups in total. The van der Waals surface area contributed by atoms with Gasteiger partial charge in [-0.25, -0.2) is 13.4 Å². The minimum absolute atomic E-state index is 0.0558. The van der Waals surface area contributed by atoms with Crippen LogP contribution in [-0.2, 0) is 10.0 Å². The number of fused-ring (bicyclic) bond motifs is 1. The van der Waals surface area contributed by atoms with E-state index in [9.17, 15) is 18.3 Å². The van der Waals surface area contributed by atoms with Crippen LogP contribution in [0.25, 0.3) is 20.8 Å². The SMILES string of the molecule is C=CCN(CC=C)S(=O)(=O)c1ccc(C(=O)Nc2ccc(O)c(-c3nc4ccccc4s3)c2)cc1. The lowest BCUT2D eigenvalue weighted by atomic mass is 10.1. The van der Waals surface area contributed by atoms with Crippen LogP contribution in [0.15, 0.2) is 96.9 Å². The highest BCUT2D eigenvalue weighted by molar-refractivity contribution is 7.89. The average molecular weight is 506 g/mol. The fourth-order valence-electron chi connectivity index (χ4n) is 3.46. The molecule has 178 valence electrons. The molecule has 0 spiro atoms. The molecule has 35 heavy (non-hydrogen) atoms. The van der Waals surface area contributed by atoms with Gasteiger partial charge in [0.2, 0.25) is 10.0 Å². The van der Waals surface area contributed by atoms with Gasteiger partial charge in [-0.05, 0) is 54.6 Å². The number of phenolic OH excluding ortho intramolecular Hbond substituents is 1. The van der Waals surface area contributed by atoms with Gasteiger partial charge in [0.15, 0.2) is 0 Å². The molecule has 9 heteroatoms. The molecule has 7 nitrogen and oxygen atoms in total. The number of amides is 1. The molecule has 0 aliphatic carbocycles. The summed E-state index contributed by atoms with van der Waals surface area (Å²) in [5.74, 6) is -0.357. The van der Waals surface area contributed by atoms with Gasteiger partial charge >= 0.3 is 0 Å². The molecule has 0 radical (unpaired) electrons. The number of thiazole rings is 1. The number of aromatic hydroxyl groups is 1. The van der Waals surface area contributed by atoms with Crippen molar-refractivity contribution in [3.63, 3.8) is 0 Å². The van der Waals surface area contributed by atoms with Gasteiger partial charge in [0, 0.05) is 24.3 Å². The Morgan fingerprint density at radius 1 is 1.03 bits per heavy atom. The van der Waals surface area contributed by atoms with E-state index in [1.54, 1.807) is 12.1 Å². The maximum atomic E-state index is 12.9. The highest BCUT2D eigenvalue weighted by atomic mass is 32.2. The topological polar surface area (TPSA) is 99.6 Å². The molecule has 1 amide bonds. The molecule has 0 aliphatic rings. The monoisotopic (exact) mass is 505 g/mol. The van der Waals surface area contributed by atoms with E-state index in [0.29, 0.717) is 16.3 Å². The van der Waals surface area contributed by atoms with Crippen molar-refractivity contribution in [2.45, 2.75) is 4.90 Å². The summed E-state index contributed by atoms with van der Waals surface area (Å²) >= 11 is 1.44. The van der Waals surface area contributed by atoms with Crippen LogP contribution in [0, 0.1) is 0 Å². The van der Waals surface area contributed by atoms with E-state index in [-0.39, 0.29) is 29.3 Å². The molecule has 0 aliphatic heterocycles. The van der Waals surface area contributed by atoms with Gasteiger partial charge in [0.1, 0.15) is 10.8 Å². The summed E-state index contributed by atoms with van der Waals surface area (Å²) in [6, 6.07) is 18.1. The number of carbonyl (C=O) groups excluding carboxylic acids is 1. The van der Waals surface area contributed by atoms with E-state index in [4.69, 9.17) is 0 Å². The number of hydrogen-bond donors (Lipinski definition) is 2. The van der Waals surface area contributed by atoms with Crippen LogP contribution in [0.4, 0.5) is 5.69 Å². The number of hydrogen-bond acceptors (Lipinski definition) is 6. The van der Waals surface area contributed by atoms with E-state index >= 15 is 0 Å². The van der Waals surface area contributed by atoms with Crippen LogP contribution in [0.3, 0.4) is 0 Å². The highest BCUT2D eigenvalue weighted by Crippen LogP contribution is 2.36. The number of phenols is 1. The van der Waals surface area contributed by atoms with Crippen molar-refractivity contribution in [1.82, 2.24) is 9.29 Å². The van der Waals surface area contributed by atoms with Gasteiger partial charge in [-0.15, -0.1) is 24.5 Å². The molecule has 3 aromatic carbocycles. The van der Waals surface area contributed by atoms with E-state index in [1.807, 2.05) is 24.3 Å². The first-order valence-corrected chi connectivity index (χ1v) is 12.9. The second-order valence-corrected chi connectivity index (χ2v) is 10.6. The lowest BCUT2D eigenvalue weighted by Crippen LogP contribution is -2.31. The largest absolute Gasteiger partial charge is 0.507 e. The Morgan fingerprint density at radius 2 is 1.71 bits per heavy atom. The molecule has 1 heterocycles.